The van der Waals surface area contributed by atoms with Crippen molar-refractivity contribution in [3.8, 4) is 11.4 Å². The molecular weight excluding hydrogens is 410 g/mol. The smallest absolute Gasteiger partial charge is 0.243 e. The highest BCUT2D eigenvalue weighted by molar-refractivity contribution is 7.89. The summed E-state index contributed by atoms with van der Waals surface area (Å²) in [5.74, 6) is 0.819. The van der Waals surface area contributed by atoms with E-state index in [-0.39, 0.29) is 5.92 Å². The number of aryl methyl sites for hydroxylation is 2. The van der Waals surface area contributed by atoms with E-state index in [1.165, 1.54) is 4.31 Å². The Morgan fingerprint density at radius 3 is 2.59 bits per heavy atom. The second kappa shape index (κ2) is 7.89. The SMILES string of the molecule is Cc1ccc(S(=O)(=O)N2CCC[C@@H](c3nc(-c4ccc(Cl)cc4)no3)C2)cc1C. The molecule has 29 heavy (non-hydrogen) atoms. The van der Waals surface area contributed by atoms with Gasteiger partial charge in [-0.1, -0.05) is 22.8 Å². The van der Waals surface area contributed by atoms with Gasteiger partial charge >= 0.3 is 0 Å². The average molecular weight is 432 g/mol. The molecule has 1 aromatic heterocycles. The number of nitrogens with zero attached hydrogens (tertiary/aromatic N) is 3. The Labute approximate surface area is 175 Å². The molecule has 3 aromatic rings. The fourth-order valence-electron chi connectivity index (χ4n) is 3.50. The van der Waals surface area contributed by atoms with Crippen LogP contribution in [0.25, 0.3) is 11.4 Å². The lowest BCUT2D eigenvalue weighted by Crippen LogP contribution is -2.39. The van der Waals surface area contributed by atoms with E-state index in [9.17, 15) is 8.42 Å². The molecule has 0 N–H and O–H groups in total. The lowest BCUT2D eigenvalue weighted by molar-refractivity contribution is 0.265. The third-order valence-electron chi connectivity index (χ3n) is 5.39. The topological polar surface area (TPSA) is 76.3 Å². The molecular formula is C21H22ClN3O3S. The molecule has 1 aliphatic heterocycles. The number of rotatable bonds is 4. The van der Waals surface area contributed by atoms with Crippen LogP contribution in [0.2, 0.25) is 5.02 Å². The molecule has 1 saturated heterocycles. The highest BCUT2D eigenvalue weighted by Gasteiger charge is 2.33. The lowest BCUT2D eigenvalue weighted by atomic mass is 10.00. The molecule has 0 spiro atoms. The van der Waals surface area contributed by atoms with Gasteiger partial charge in [-0.3, -0.25) is 0 Å². The van der Waals surface area contributed by atoms with Crippen molar-refractivity contribution >= 4 is 21.6 Å². The Kier molecular flexibility index (Phi) is 5.46. The zero-order chi connectivity index (χ0) is 20.6. The van der Waals surface area contributed by atoms with E-state index in [2.05, 4.69) is 10.1 Å². The average Bonchev–Trinajstić information content (AvgIpc) is 3.21. The highest BCUT2D eigenvalue weighted by atomic mass is 35.5. The van der Waals surface area contributed by atoms with Gasteiger partial charge in [0, 0.05) is 23.7 Å². The fourth-order valence-corrected chi connectivity index (χ4v) is 5.24. The Balaban J connectivity index is 1.55. The van der Waals surface area contributed by atoms with Crippen molar-refractivity contribution in [1.29, 1.82) is 0 Å². The molecule has 0 bridgehead atoms. The molecule has 152 valence electrons. The van der Waals surface area contributed by atoms with E-state index in [4.69, 9.17) is 16.1 Å². The van der Waals surface area contributed by atoms with Crippen molar-refractivity contribution in [2.45, 2.75) is 37.5 Å². The summed E-state index contributed by atoms with van der Waals surface area (Å²) < 4.78 is 33.3. The van der Waals surface area contributed by atoms with E-state index in [1.807, 2.05) is 32.0 Å². The first kappa shape index (κ1) is 20.1. The number of hydrogen-bond donors (Lipinski definition) is 0. The first-order chi connectivity index (χ1) is 13.8. The first-order valence-corrected chi connectivity index (χ1v) is 11.3. The van der Waals surface area contributed by atoms with Crippen molar-refractivity contribution in [2.75, 3.05) is 13.1 Å². The Morgan fingerprint density at radius 2 is 1.86 bits per heavy atom. The highest BCUT2D eigenvalue weighted by Crippen LogP contribution is 2.31. The quantitative estimate of drug-likeness (QED) is 0.604. The number of hydrogen-bond acceptors (Lipinski definition) is 5. The van der Waals surface area contributed by atoms with Crippen molar-refractivity contribution < 1.29 is 12.9 Å². The minimum Gasteiger partial charge on any atom is -0.339 e. The van der Waals surface area contributed by atoms with Crippen molar-refractivity contribution in [1.82, 2.24) is 14.4 Å². The Morgan fingerprint density at radius 1 is 1.10 bits per heavy atom. The summed E-state index contributed by atoms with van der Waals surface area (Å²) in [5, 5.41) is 4.70. The second-order valence-electron chi connectivity index (χ2n) is 7.41. The van der Waals surface area contributed by atoms with Crippen LogP contribution in [-0.2, 0) is 10.0 Å². The zero-order valence-electron chi connectivity index (χ0n) is 16.3. The maximum absolute atomic E-state index is 13.1. The molecule has 0 radical (unpaired) electrons. The monoisotopic (exact) mass is 431 g/mol. The minimum absolute atomic E-state index is 0.126. The molecule has 0 amide bonds. The minimum atomic E-state index is -3.56. The summed E-state index contributed by atoms with van der Waals surface area (Å²) in [6.07, 6.45) is 1.55. The van der Waals surface area contributed by atoms with Crippen LogP contribution in [0.4, 0.5) is 0 Å². The van der Waals surface area contributed by atoms with Crippen LogP contribution in [0.1, 0.15) is 35.8 Å². The summed E-state index contributed by atoms with van der Waals surface area (Å²) in [7, 11) is -3.56. The maximum Gasteiger partial charge on any atom is 0.243 e. The number of benzene rings is 2. The molecule has 2 heterocycles. The van der Waals surface area contributed by atoms with Gasteiger partial charge in [-0.05, 0) is 74.2 Å². The molecule has 1 aliphatic rings. The van der Waals surface area contributed by atoms with Gasteiger partial charge in [-0.15, -0.1) is 0 Å². The van der Waals surface area contributed by atoms with Gasteiger partial charge in [0.25, 0.3) is 0 Å². The van der Waals surface area contributed by atoms with Crippen LogP contribution >= 0.6 is 11.6 Å². The number of halogens is 1. The van der Waals surface area contributed by atoms with Gasteiger partial charge in [-0.2, -0.15) is 9.29 Å². The normalized spacial score (nSPS) is 18.1. The van der Waals surface area contributed by atoms with Gasteiger partial charge in [0.15, 0.2) is 0 Å². The largest absolute Gasteiger partial charge is 0.339 e. The van der Waals surface area contributed by atoms with E-state index >= 15 is 0 Å². The second-order valence-corrected chi connectivity index (χ2v) is 9.79. The Hall–Kier alpha value is -2.22. The van der Waals surface area contributed by atoms with Crippen molar-refractivity contribution in [3.63, 3.8) is 0 Å². The van der Waals surface area contributed by atoms with E-state index in [0.29, 0.717) is 34.7 Å². The molecule has 6 nitrogen and oxygen atoms in total. The van der Waals surface area contributed by atoms with Gasteiger partial charge < -0.3 is 4.52 Å². The summed E-state index contributed by atoms with van der Waals surface area (Å²) in [6, 6.07) is 12.5. The third-order valence-corrected chi connectivity index (χ3v) is 7.51. The summed E-state index contributed by atoms with van der Waals surface area (Å²) >= 11 is 5.93. The van der Waals surface area contributed by atoms with Crippen LogP contribution < -0.4 is 0 Å². The number of piperidine rings is 1. The molecule has 1 fully saturated rings. The zero-order valence-corrected chi connectivity index (χ0v) is 17.9. The van der Waals surface area contributed by atoms with Crippen molar-refractivity contribution in [3.05, 3.63) is 64.5 Å². The summed E-state index contributed by atoms with van der Waals surface area (Å²) in [5.41, 5.74) is 2.84. The summed E-state index contributed by atoms with van der Waals surface area (Å²) in [4.78, 5) is 4.83. The van der Waals surface area contributed by atoms with Crippen LogP contribution in [-0.4, -0.2) is 36.0 Å². The molecule has 2 aromatic carbocycles. The van der Waals surface area contributed by atoms with E-state index in [0.717, 1.165) is 29.5 Å². The molecule has 0 unspecified atom stereocenters. The van der Waals surface area contributed by atoms with Crippen LogP contribution in [0.15, 0.2) is 51.9 Å². The number of sulfonamides is 1. The van der Waals surface area contributed by atoms with E-state index in [1.54, 1.807) is 24.3 Å². The molecule has 0 saturated carbocycles. The maximum atomic E-state index is 13.1. The molecule has 0 aliphatic carbocycles. The number of aromatic nitrogens is 2. The predicted octanol–water partition coefficient (Wildman–Crippen LogP) is 4.58. The van der Waals surface area contributed by atoms with Crippen molar-refractivity contribution in [2.24, 2.45) is 0 Å². The fraction of sp³-hybridized carbons (Fsp3) is 0.333. The van der Waals surface area contributed by atoms with Crippen LogP contribution in [0.3, 0.4) is 0 Å². The predicted molar refractivity (Wildman–Crippen MR) is 111 cm³/mol. The van der Waals surface area contributed by atoms with E-state index < -0.39 is 10.0 Å². The van der Waals surface area contributed by atoms with Gasteiger partial charge in [0.05, 0.1) is 10.8 Å². The standard InChI is InChI=1S/C21H22ClN3O3S/c1-14-5-10-19(12-15(14)2)29(26,27)25-11-3-4-17(13-25)21-23-20(24-28-21)16-6-8-18(22)9-7-16/h5-10,12,17H,3-4,11,13H2,1-2H3/t17-/m1/s1. The molecule has 1 atom stereocenters. The first-order valence-electron chi connectivity index (χ1n) is 9.51. The van der Waals surface area contributed by atoms with Gasteiger partial charge in [0.1, 0.15) is 0 Å². The molecule has 8 heteroatoms. The van der Waals surface area contributed by atoms with Gasteiger partial charge in [0.2, 0.25) is 21.7 Å². The lowest BCUT2D eigenvalue weighted by Gasteiger charge is -2.30. The van der Waals surface area contributed by atoms with Gasteiger partial charge in [-0.25, -0.2) is 8.42 Å². The Bertz CT molecular complexity index is 1130. The summed E-state index contributed by atoms with van der Waals surface area (Å²) in [6.45, 7) is 4.71. The van der Waals surface area contributed by atoms with Crippen LogP contribution in [0.5, 0.6) is 0 Å². The molecule has 4 rings (SSSR count). The van der Waals surface area contributed by atoms with Crippen LogP contribution in [0, 0.1) is 13.8 Å². The third kappa shape index (κ3) is 4.08.